The van der Waals surface area contributed by atoms with Crippen LogP contribution >= 0.6 is 0 Å². The summed E-state index contributed by atoms with van der Waals surface area (Å²) in [5.74, 6) is 0.434. The fourth-order valence-electron chi connectivity index (χ4n) is 3.12. The molecule has 2 aromatic rings. The van der Waals surface area contributed by atoms with Crippen LogP contribution in [0, 0.1) is 0 Å². The number of imidazole rings is 1. The second-order valence-corrected chi connectivity index (χ2v) is 6.77. The highest BCUT2D eigenvalue weighted by atomic mass is 16.5. The van der Waals surface area contributed by atoms with Gasteiger partial charge in [0.15, 0.2) is 5.95 Å². The van der Waals surface area contributed by atoms with Crippen LogP contribution in [0.4, 0.5) is 17.3 Å². The largest absolute Gasteiger partial charge is 0.486 e. The molecule has 0 radical (unpaired) electrons. The number of carboxylic acids is 1. The molecule has 3 rings (SSSR count). The van der Waals surface area contributed by atoms with E-state index in [-0.39, 0.29) is 18.4 Å². The van der Waals surface area contributed by atoms with Gasteiger partial charge >= 0.3 is 5.97 Å². The van der Waals surface area contributed by atoms with Crippen molar-refractivity contribution in [3.8, 4) is 5.75 Å². The van der Waals surface area contributed by atoms with E-state index < -0.39 is 5.97 Å². The second-order valence-electron chi connectivity index (χ2n) is 6.77. The lowest BCUT2D eigenvalue weighted by Crippen LogP contribution is -2.39. The van der Waals surface area contributed by atoms with E-state index in [1.54, 1.807) is 24.5 Å². The number of anilines is 3. The van der Waals surface area contributed by atoms with Gasteiger partial charge in [-0.2, -0.15) is 0 Å². The van der Waals surface area contributed by atoms with Gasteiger partial charge in [-0.15, -0.1) is 0 Å². The molecule has 9 nitrogen and oxygen atoms in total. The number of unbranched alkanes of at least 4 members (excludes halogenated alkanes) is 1. The summed E-state index contributed by atoms with van der Waals surface area (Å²) in [5.41, 5.74) is 1.53. The molecule has 0 saturated heterocycles. The summed E-state index contributed by atoms with van der Waals surface area (Å²) in [7, 11) is 1.88. The molecule has 1 amide bonds. The van der Waals surface area contributed by atoms with Gasteiger partial charge in [0.1, 0.15) is 11.9 Å². The molecule has 4 N–H and O–H groups in total. The molecule has 1 atom stereocenters. The third-order valence-corrected chi connectivity index (χ3v) is 4.45. The summed E-state index contributed by atoms with van der Waals surface area (Å²) in [6.45, 7) is 1.23. The molecule has 28 heavy (non-hydrogen) atoms. The van der Waals surface area contributed by atoms with E-state index in [2.05, 4.69) is 20.6 Å². The molecule has 1 aromatic carbocycles. The number of hydrogen-bond acceptors (Lipinski definition) is 6. The molecule has 1 aliphatic heterocycles. The van der Waals surface area contributed by atoms with E-state index in [0.717, 1.165) is 31.0 Å². The number of H-pyrrole nitrogens is 1. The van der Waals surface area contributed by atoms with Crippen LogP contribution in [0.2, 0.25) is 0 Å². The number of likely N-dealkylation sites (N-methyl/N-ethyl adjacent to an activating group) is 1. The van der Waals surface area contributed by atoms with Crippen molar-refractivity contribution >= 4 is 29.2 Å². The average molecular weight is 387 g/mol. The number of rotatable bonds is 9. The molecule has 1 aromatic heterocycles. The highest BCUT2D eigenvalue weighted by Crippen LogP contribution is 2.35. The van der Waals surface area contributed by atoms with Gasteiger partial charge in [-0.3, -0.25) is 9.59 Å². The minimum atomic E-state index is -0.884. The Kier molecular flexibility index (Phi) is 6.36. The number of carbonyl (C=O) groups is 2. The summed E-state index contributed by atoms with van der Waals surface area (Å²) in [4.78, 5) is 32.0. The third-order valence-electron chi connectivity index (χ3n) is 4.45. The van der Waals surface area contributed by atoms with Crippen molar-refractivity contribution in [3.63, 3.8) is 0 Å². The van der Waals surface area contributed by atoms with Gasteiger partial charge in [-0.25, -0.2) is 4.98 Å². The number of carboxylic acid groups (broad SMARTS) is 1. The predicted octanol–water partition coefficient (Wildman–Crippen LogP) is 2.30. The maximum Gasteiger partial charge on any atom is 0.307 e. The van der Waals surface area contributed by atoms with Crippen molar-refractivity contribution in [3.05, 3.63) is 30.6 Å². The van der Waals surface area contributed by atoms with E-state index in [0.29, 0.717) is 24.4 Å². The number of fused-ring (bicyclic) bond motifs is 1. The van der Waals surface area contributed by atoms with Gasteiger partial charge in [-0.05, 0) is 31.0 Å². The van der Waals surface area contributed by atoms with Gasteiger partial charge in [0.25, 0.3) is 0 Å². The summed E-state index contributed by atoms with van der Waals surface area (Å²) in [6, 6.07) is 5.39. The number of benzene rings is 1. The van der Waals surface area contributed by atoms with E-state index in [4.69, 9.17) is 9.84 Å². The lowest BCUT2D eigenvalue weighted by atomic mass is 10.1. The zero-order chi connectivity index (χ0) is 19.9. The molecule has 1 unspecified atom stereocenters. The molecule has 0 saturated carbocycles. The lowest BCUT2D eigenvalue weighted by Gasteiger charge is -2.33. The SMILES string of the molecule is CN1CC(CC(=O)O)Oc2ccc(NC(=O)CCCCNc3ncc[nH]3)cc21. The normalized spacial score (nSPS) is 15.5. The topological polar surface area (TPSA) is 120 Å². The first kappa shape index (κ1) is 19.5. The van der Waals surface area contributed by atoms with Crippen LogP contribution in [-0.2, 0) is 9.59 Å². The van der Waals surface area contributed by atoms with Gasteiger partial charge in [0, 0.05) is 38.1 Å². The maximum atomic E-state index is 12.2. The summed E-state index contributed by atoms with van der Waals surface area (Å²) < 4.78 is 5.75. The highest BCUT2D eigenvalue weighted by molar-refractivity contribution is 5.91. The number of ether oxygens (including phenoxy) is 1. The fraction of sp³-hybridized carbons (Fsp3) is 0.421. The van der Waals surface area contributed by atoms with Crippen LogP contribution in [0.15, 0.2) is 30.6 Å². The number of amides is 1. The molecule has 9 heteroatoms. The Bertz CT molecular complexity index is 809. The summed E-state index contributed by atoms with van der Waals surface area (Å²) in [6.07, 6.45) is 5.07. The van der Waals surface area contributed by atoms with Crippen molar-refractivity contribution in [2.45, 2.75) is 31.8 Å². The van der Waals surface area contributed by atoms with Crippen LogP contribution in [-0.4, -0.2) is 53.2 Å². The molecule has 0 fully saturated rings. The first-order valence-corrected chi connectivity index (χ1v) is 9.28. The number of aromatic amines is 1. The van der Waals surface area contributed by atoms with Gasteiger partial charge in [-0.1, -0.05) is 0 Å². The van der Waals surface area contributed by atoms with Crippen LogP contribution in [0.3, 0.4) is 0 Å². The molecule has 150 valence electrons. The molecule has 0 bridgehead atoms. The van der Waals surface area contributed by atoms with E-state index in [1.165, 1.54) is 0 Å². The zero-order valence-corrected chi connectivity index (χ0v) is 15.8. The van der Waals surface area contributed by atoms with Crippen molar-refractivity contribution in [1.82, 2.24) is 9.97 Å². The van der Waals surface area contributed by atoms with Crippen LogP contribution in [0.25, 0.3) is 0 Å². The number of nitrogens with zero attached hydrogens (tertiary/aromatic N) is 2. The monoisotopic (exact) mass is 387 g/mol. The van der Waals surface area contributed by atoms with Crippen molar-refractivity contribution < 1.29 is 19.4 Å². The average Bonchev–Trinajstić information content (AvgIpc) is 3.15. The molecule has 0 spiro atoms. The second kappa shape index (κ2) is 9.12. The highest BCUT2D eigenvalue weighted by Gasteiger charge is 2.25. The Hall–Kier alpha value is -3.23. The maximum absolute atomic E-state index is 12.2. The fourth-order valence-corrected chi connectivity index (χ4v) is 3.12. The Morgan fingerprint density at radius 2 is 2.25 bits per heavy atom. The molecule has 0 aliphatic carbocycles. The van der Waals surface area contributed by atoms with E-state index in [1.807, 2.05) is 18.0 Å². The minimum Gasteiger partial charge on any atom is -0.486 e. The Morgan fingerprint density at radius 3 is 3.00 bits per heavy atom. The molecule has 2 heterocycles. The Morgan fingerprint density at radius 1 is 1.39 bits per heavy atom. The minimum absolute atomic E-state index is 0.0407. The number of aliphatic carboxylic acids is 1. The van der Waals surface area contributed by atoms with Gasteiger partial charge < -0.3 is 30.4 Å². The first-order valence-electron chi connectivity index (χ1n) is 9.28. The van der Waals surface area contributed by atoms with Crippen LogP contribution in [0.5, 0.6) is 5.75 Å². The van der Waals surface area contributed by atoms with Crippen molar-refractivity contribution in [2.24, 2.45) is 0 Å². The van der Waals surface area contributed by atoms with Crippen molar-refractivity contribution in [1.29, 1.82) is 0 Å². The first-order chi connectivity index (χ1) is 13.5. The molecular formula is C19H25N5O4. The molecular weight excluding hydrogens is 362 g/mol. The lowest BCUT2D eigenvalue weighted by molar-refractivity contribution is -0.138. The molecule has 1 aliphatic rings. The smallest absolute Gasteiger partial charge is 0.307 e. The van der Waals surface area contributed by atoms with Crippen LogP contribution < -0.4 is 20.3 Å². The number of nitrogens with one attached hydrogen (secondary N) is 3. The van der Waals surface area contributed by atoms with Gasteiger partial charge in [0.05, 0.1) is 18.7 Å². The predicted molar refractivity (Wildman–Crippen MR) is 106 cm³/mol. The standard InChI is InChI=1S/C19H25N5O4/c1-24-12-14(11-18(26)27)28-16-6-5-13(10-15(16)24)23-17(25)4-2-3-7-20-19-21-8-9-22-19/h5-6,8-10,14H,2-4,7,11-12H2,1H3,(H,23,25)(H,26,27)(H2,20,21,22). The zero-order valence-electron chi connectivity index (χ0n) is 15.8. The van der Waals surface area contributed by atoms with Crippen LogP contribution in [0.1, 0.15) is 25.7 Å². The quantitative estimate of drug-likeness (QED) is 0.487. The van der Waals surface area contributed by atoms with E-state index in [9.17, 15) is 9.59 Å². The van der Waals surface area contributed by atoms with E-state index >= 15 is 0 Å². The Balaban J connectivity index is 1.45. The number of aromatic nitrogens is 2. The number of hydrogen-bond donors (Lipinski definition) is 4. The van der Waals surface area contributed by atoms with Crippen molar-refractivity contribution in [2.75, 3.05) is 35.7 Å². The summed E-state index contributed by atoms with van der Waals surface area (Å²) in [5, 5.41) is 15.0. The number of carbonyl (C=O) groups excluding carboxylic acids is 1. The summed E-state index contributed by atoms with van der Waals surface area (Å²) >= 11 is 0. The third kappa shape index (κ3) is 5.38. The Labute approximate surface area is 163 Å². The van der Waals surface area contributed by atoms with Gasteiger partial charge in [0.2, 0.25) is 5.91 Å².